The zero-order valence-corrected chi connectivity index (χ0v) is 17.5. The number of nitrogens with zero attached hydrogens (tertiary/aromatic N) is 4. The van der Waals surface area contributed by atoms with E-state index in [0.29, 0.717) is 11.6 Å². The maximum absolute atomic E-state index is 13.1. The Kier molecular flexibility index (Phi) is 5.81. The van der Waals surface area contributed by atoms with Crippen molar-refractivity contribution in [2.75, 3.05) is 12.8 Å². The maximum atomic E-state index is 13.1. The molecule has 0 radical (unpaired) electrons. The highest BCUT2D eigenvalue weighted by molar-refractivity contribution is 5.99. The topological polar surface area (TPSA) is 89.1 Å². The van der Waals surface area contributed by atoms with Crippen LogP contribution in [0.1, 0.15) is 35.2 Å². The smallest absolute Gasteiger partial charge is 0.255 e. The van der Waals surface area contributed by atoms with E-state index in [2.05, 4.69) is 51.6 Å². The largest absolute Gasteiger partial charge is 0.383 e. The van der Waals surface area contributed by atoms with Gasteiger partial charge in [-0.05, 0) is 37.9 Å². The molecule has 156 valence electrons. The van der Waals surface area contributed by atoms with Crippen LogP contribution in [0.3, 0.4) is 0 Å². The molecule has 3 N–H and O–H groups in total. The van der Waals surface area contributed by atoms with Crippen LogP contribution in [0.25, 0.3) is 11.1 Å². The maximum Gasteiger partial charge on any atom is 0.255 e. The van der Waals surface area contributed by atoms with Crippen LogP contribution < -0.4 is 11.1 Å². The first-order valence-corrected chi connectivity index (χ1v) is 10.3. The number of aryl methyl sites for hydroxylation is 1. The lowest BCUT2D eigenvalue weighted by Crippen LogP contribution is -2.47. The van der Waals surface area contributed by atoms with Gasteiger partial charge in [0.2, 0.25) is 0 Å². The Labute approximate surface area is 176 Å². The van der Waals surface area contributed by atoms with Crippen molar-refractivity contribution in [1.29, 1.82) is 0 Å². The molecule has 3 aromatic rings. The first-order valence-electron chi connectivity index (χ1n) is 10.3. The molecule has 0 aliphatic heterocycles. The molecule has 1 aromatic carbocycles. The lowest BCUT2D eigenvalue weighted by molar-refractivity contribution is 0.0911. The third-order valence-electron chi connectivity index (χ3n) is 5.84. The highest BCUT2D eigenvalue weighted by Gasteiger charge is 2.32. The summed E-state index contributed by atoms with van der Waals surface area (Å²) in [5, 5.41) is 7.40. The number of nitrogens with two attached hydrogens (primary N) is 1. The molecular formula is C23H28N6O. The minimum Gasteiger partial charge on any atom is -0.383 e. The summed E-state index contributed by atoms with van der Waals surface area (Å²) in [6.45, 7) is 0.859. The molecule has 30 heavy (non-hydrogen) atoms. The molecule has 2 aromatic heterocycles. The van der Waals surface area contributed by atoms with E-state index >= 15 is 0 Å². The zero-order chi connectivity index (χ0) is 21.1. The number of pyridine rings is 1. The number of aromatic nitrogens is 3. The molecule has 0 saturated heterocycles. The van der Waals surface area contributed by atoms with Crippen molar-refractivity contribution in [3.05, 3.63) is 66.1 Å². The SMILES string of the molecule is CN(Cc1ccccc1)[C@H]1CCC[C@@H]1NC(=O)c1cc(-c2cnn(C)c2)cnc1N. The van der Waals surface area contributed by atoms with Crippen LogP contribution in [0, 0.1) is 0 Å². The highest BCUT2D eigenvalue weighted by atomic mass is 16.1. The minimum absolute atomic E-state index is 0.0904. The Hall–Kier alpha value is -3.19. The van der Waals surface area contributed by atoms with Gasteiger partial charge in [0, 0.05) is 49.2 Å². The van der Waals surface area contributed by atoms with E-state index in [4.69, 9.17) is 5.73 Å². The second-order valence-corrected chi connectivity index (χ2v) is 8.04. The number of benzene rings is 1. The average molecular weight is 405 g/mol. The van der Waals surface area contributed by atoms with Gasteiger partial charge in [-0.3, -0.25) is 14.4 Å². The van der Waals surface area contributed by atoms with Crippen LogP contribution in [0.4, 0.5) is 5.82 Å². The number of hydrogen-bond acceptors (Lipinski definition) is 5. The lowest BCUT2D eigenvalue weighted by Gasteiger charge is -2.30. The van der Waals surface area contributed by atoms with E-state index in [-0.39, 0.29) is 17.8 Å². The van der Waals surface area contributed by atoms with Gasteiger partial charge in [-0.15, -0.1) is 0 Å². The molecule has 1 aliphatic rings. The fraction of sp³-hybridized carbons (Fsp3) is 0.348. The van der Waals surface area contributed by atoms with Crippen molar-refractivity contribution in [3.63, 3.8) is 0 Å². The first kappa shape index (κ1) is 20.1. The van der Waals surface area contributed by atoms with Crippen molar-refractivity contribution in [3.8, 4) is 11.1 Å². The summed E-state index contributed by atoms with van der Waals surface area (Å²) in [5.41, 5.74) is 9.45. The molecule has 7 nitrogen and oxygen atoms in total. The fourth-order valence-electron chi connectivity index (χ4n) is 4.26. The summed E-state index contributed by atoms with van der Waals surface area (Å²) in [7, 11) is 3.98. The molecular weight excluding hydrogens is 376 g/mol. The second-order valence-electron chi connectivity index (χ2n) is 8.04. The van der Waals surface area contributed by atoms with Crippen LogP contribution in [-0.2, 0) is 13.6 Å². The number of anilines is 1. The second kappa shape index (κ2) is 8.67. The zero-order valence-electron chi connectivity index (χ0n) is 17.5. The lowest BCUT2D eigenvalue weighted by atomic mass is 10.1. The van der Waals surface area contributed by atoms with Gasteiger partial charge in [0.1, 0.15) is 5.82 Å². The van der Waals surface area contributed by atoms with Gasteiger partial charge < -0.3 is 11.1 Å². The number of amides is 1. The molecule has 2 heterocycles. The predicted octanol–water partition coefficient (Wildman–Crippen LogP) is 2.85. The number of rotatable bonds is 6. The quantitative estimate of drug-likeness (QED) is 0.659. The van der Waals surface area contributed by atoms with Crippen LogP contribution in [0.2, 0.25) is 0 Å². The van der Waals surface area contributed by atoms with Crippen molar-refractivity contribution < 1.29 is 4.79 Å². The summed E-state index contributed by atoms with van der Waals surface area (Å²) in [5.74, 6) is 0.0723. The highest BCUT2D eigenvalue weighted by Crippen LogP contribution is 2.26. The molecule has 7 heteroatoms. The summed E-state index contributed by atoms with van der Waals surface area (Å²) < 4.78 is 1.72. The fourth-order valence-corrected chi connectivity index (χ4v) is 4.26. The van der Waals surface area contributed by atoms with Gasteiger partial charge in [-0.1, -0.05) is 30.3 Å². The van der Waals surface area contributed by atoms with Gasteiger partial charge in [-0.2, -0.15) is 5.10 Å². The summed E-state index contributed by atoms with van der Waals surface area (Å²) in [4.78, 5) is 19.6. The third kappa shape index (κ3) is 4.36. The number of nitrogens with one attached hydrogen (secondary N) is 1. The molecule has 1 fully saturated rings. The number of carbonyl (C=O) groups excluding carboxylic acids is 1. The van der Waals surface area contributed by atoms with Crippen molar-refractivity contribution in [1.82, 2.24) is 25.0 Å². The predicted molar refractivity (Wildman–Crippen MR) is 118 cm³/mol. The Morgan fingerprint density at radius 2 is 2.03 bits per heavy atom. The van der Waals surface area contributed by atoms with E-state index in [9.17, 15) is 4.79 Å². The molecule has 1 saturated carbocycles. The summed E-state index contributed by atoms with van der Waals surface area (Å²) in [6.07, 6.45) is 8.44. The Morgan fingerprint density at radius 1 is 1.23 bits per heavy atom. The van der Waals surface area contributed by atoms with Crippen LogP contribution in [-0.4, -0.2) is 44.7 Å². The molecule has 1 aliphatic carbocycles. The molecule has 0 spiro atoms. The normalized spacial score (nSPS) is 18.6. The first-order chi connectivity index (χ1) is 14.5. The Bertz CT molecular complexity index is 1020. The van der Waals surface area contributed by atoms with Crippen LogP contribution in [0.15, 0.2) is 55.0 Å². The van der Waals surface area contributed by atoms with Crippen LogP contribution in [0.5, 0.6) is 0 Å². The number of carbonyl (C=O) groups is 1. The minimum atomic E-state index is -0.171. The van der Waals surface area contributed by atoms with Gasteiger partial charge in [-0.25, -0.2) is 4.98 Å². The molecule has 0 unspecified atom stereocenters. The molecule has 4 rings (SSSR count). The Morgan fingerprint density at radius 3 is 2.77 bits per heavy atom. The van der Waals surface area contributed by atoms with Crippen molar-refractivity contribution in [2.45, 2.75) is 37.9 Å². The van der Waals surface area contributed by atoms with Gasteiger partial charge in [0.25, 0.3) is 5.91 Å². The Balaban J connectivity index is 1.47. The van der Waals surface area contributed by atoms with Gasteiger partial charge in [0.15, 0.2) is 0 Å². The number of nitrogen functional groups attached to an aromatic ring is 1. The van der Waals surface area contributed by atoms with Crippen LogP contribution >= 0.6 is 0 Å². The van der Waals surface area contributed by atoms with E-state index in [0.717, 1.165) is 36.9 Å². The van der Waals surface area contributed by atoms with E-state index in [1.54, 1.807) is 23.1 Å². The van der Waals surface area contributed by atoms with Crippen molar-refractivity contribution >= 4 is 11.7 Å². The standard InChI is InChI=1S/C23H28N6O/c1-28(14-16-7-4-3-5-8-16)21-10-6-9-20(21)27-23(30)19-11-17(12-25-22(19)24)18-13-26-29(2)15-18/h3-5,7-8,11-13,15,20-21H,6,9-10,14H2,1-2H3,(H2,24,25)(H,27,30)/t20-,21-/m0/s1. The summed E-state index contributed by atoms with van der Waals surface area (Å²) >= 11 is 0. The molecule has 1 amide bonds. The van der Waals surface area contributed by atoms with Gasteiger partial charge >= 0.3 is 0 Å². The third-order valence-corrected chi connectivity index (χ3v) is 5.84. The molecule has 0 bridgehead atoms. The monoisotopic (exact) mass is 404 g/mol. The summed E-state index contributed by atoms with van der Waals surface area (Å²) in [6, 6.07) is 12.6. The molecule has 2 atom stereocenters. The van der Waals surface area contributed by atoms with E-state index in [1.165, 1.54) is 5.56 Å². The van der Waals surface area contributed by atoms with Crippen molar-refractivity contribution in [2.24, 2.45) is 7.05 Å². The van der Waals surface area contributed by atoms with Gasteiger partial charge in [0.05, 0.1) is 11.8 Å². The number of likely N-dealkylation sites (N-methyl/N-ethyl adjacent to an activating group) is 1. The van der Waals surface area contributed by atoms with E-state index in [1.807, 2.05) is 19.3 Å². The average Bonchev–Trinajstić information content (AvgIpc) is 3.38. The van der Waals surface area contributed by atoms with E-state index < -0.39 is 0 Å². The number of hydrogen-bond donors (Lipinski definition) is 2.